The van der Waals surface area contributed by atoms with Crippen LogP contribution in [0.25, 0.3) is 0 Å². The van der Waals surface area contributed by atoms with Gasteiger partial charge in [-0.1, -0.05) is 129 Å². The number of hydrogen-bond acceptors (Lipinski definition) is 8. The highest BCUT2D eigenvalue weighted by Gasteiger charge is 2.24. The SMILES string of the molecule is CC.CC(C)(C)c1cccc(C(C)(C)C)c1O.CC(C)CC(C)CC(C)CC(O)CNCCNCCNCCNCCNCC(O)CC(C)CC(C)CC(C)C. The van der Waals surface area contributed by atoms with Gasteiger partial charge in [0.15, 0.2) is 0 Å². The number of aliphatic hydroxyl groups is 2. The summed E-state index contributed by atoms with van der Waals surface area (Å²) in [6, 6.07) is 6.04. The molecule has 0 saturated carbocycles. The van der Waals surface area contributed by atoms with E-state index in [1.165, 1.54) is 25.7 Å². The second-order valence-corrected chi connectivity index (χ2v) is 19.8. The molecule has 56 heavy (non-hydrogen) atoms. The van der Waals surface area contributed by atoms with Crippen LogP contribution >= 0.6 is 0 Å². The molecule has 6 atom stereocenters. The van der Waals surface area contributed by atoms with Gasteiger partial charge in [0.25, 0.3) is 0 Å². The molecular weight excluding hydrogens is 695 g/mol. The molecule has 1 aromatic rings. The van der Waals surface area contributed by atoms with E-state index in [1.54, 1.807) is 0 Å². The minimum Gasteiger partial charge on any atom is -0.507 e. The van der Waals surface area contributed by atoms with Crippen molar-refractivity contribution < 1.29 is 15.3 Å². The molecule has 0 spiro atoms. The lowest BCUT2D eigenvalue weighted by Gasteiger charge is -2.26. The molecule has 1 aromatic carbocycles. The molecule has 8 nitrogen and oxygen atoms in total. The molecule has 0 aliphatic rings. The minimum absolute atomic E-state index is 0.00859. The molecule has 0 heterocycles. The highest BCUT2D eigenvalue weighted by Crippen LogP contribution is 2.38. The summed E-state index contributed by atoms with van der Waals surface area (Å²) in [7, 11) is 0. The molecule has 8 heteroatoms. The summed E-state index contributed by atoms with van der Waals surface area (Å²) in [5, 5.41) is 47.9. The maximum absolute atomic E-state index is 10.3. The molecule has 0 amide bonds. The number of rotatable bonds is 28. The Balaban J connectivity index is 0. The van der Waals surface area contributed by atoms with Gasteiger partial charge in [0, 0.05) is 65.4 Å². The van der Waals surface area contributed by atoms with Crippen LogP contribution in [0.3, 0.4) is 0 Å². The Hall–Kier alpha value is -1.26. The average molecular weight is 794 g/mol. The first kappa shape index (κ1) is 56.8. The summed E-state index contributed by atoms with van der Waals surface area (Å²) >= 11 is 0. The zero-order chi connectivity index (χ0) is 43.3. The predicted octanol–water partition coefficient (Wildman–Crippen LogP) is 8.87. The van der Waals surface area contributed by atoms with Crippen molar-refractivity contribution in [2.24, 2.45) is 35.5 Å². The van der Waals surface area contributed by atoms with E-state index in [0.29, 0.717) is 30.7 Å². The van der Waals surface area contributed by atoms with Crippen molar-refractivity contribution in [3.63, 3.8) is 0 Å². The van der Waals surface area contributed by atoms with E-state index in [0.717, 1.165) is 100.0 Å². The molecule has 0 aliphatic heterocycles. The van der Waals surface area contributed by atoms with E-state index < -0.39 is 0 Å². The van der Waals surface area contributed by atoms with Crippen molar-refractivity contribution >= 4 is 0 Å². The maximum Gasteiger partial charge on any atom is 0.123 e. The third kappa shape index (κ3) is 31.7. The summed E-state index contributed by atoms with van der Waals surface area (Å²) in [5.74, 6) is 4.59. The van der Waals surface area contributed by atoms with Gasteiger partial charge in [-0.25, -0.2) is 0 Å². The summed E-state index contributed by atoms with van der Waals surface area (Å²) in [6.45, 7) is 43.8. The second kappa shape index (κ2) is 32.6. The van der Waals surface area contributed by atoms with Gasteiger partial charge < -0.3 is 41.9 Å². The molecule has 0 aromatic heterocycles. The molecule has 0 fully saturated rings. The van der Waals surface area contributed by atoms with Crippen LogP contribution < -0.4 is 26.6 Å². The van der Waals surface area contributed by atoms with Crippen molar-refractivity contribution in [3.05, 3.63) is 29.3 Å². The fourth-order valence-electron chi connectivity index (χ4n) is 7.84. The first-order valence-electron chi connectivity index (χ1n) is 22.9. The molecule has 0 saturated heterocycles. The van der Waals surface area contributed by atoms with Gasteiger partial charge in [-0.05, 0) is 96.0 Å². The lowest BCUT2D eigenvalue weighted by Crippen LogP contribution is -2.38. The Morgan fingerprint density at radius 1 is 0.446 bits per heavy atom. The average Bonchev–Trinajstić information content (AvgIpc) is 3.05. The van der Waals surface area contributed by atoms with Crippen LogP contribution in [0.1, 0.15) is 160 Å². The number of aromatic hydroxyl groups is 1. The number of phenolic OH excluding ortho intramolecular Hbond substituents is 1. The summed E-state index contributed by atoms with van der Waals surface area (Å²) in [5.41, 5.74) is 2.03. The van der Waals surface area contributed by atoms with Gasteiger partial charge in [0.1, 0.15) is 5.75 Å². The normalized spacial score (nSPS) is 15.4. The second-order valence-electron chi connectivity index (χ2n) is 19.8. The van der Waals surface area contributed by atoms with Gasteiger partial charge >= 0.3 is 0 Å². The fourth-order valence-corrected chi connectivity index (χ4v) is 7.84. The lowest BCUT2D eigenvalue weighted by atomic mass is 9.80. The number of nitrogens with one attached hydrogen (secondary N) is 5. The van der Waals surface area contributed by atoms with Crippen LogP contribution in [-0.4, -0.2) is 93.0 Å². The molecular formula is C48H99N5O3. The third-order valence-electron chi connectivity index (χ3n) is 10.0. The molecule has 0 aliphatic carbocycles. The van der Waals surface area contributed by atoms with Crippen LogP contribution in [0.15, 0.2) is 18.2 Å². The Morgan fingerprint density at radius 2 is 0.714 bits per heavy atom. The summed E-state index contributed by atoms with van der Waals surface area (Å²) in [6.07, 6.45) is 6.23. The van der Waals surface area contributed by atoms with Crippen LogP contribution in [0.2, 0.25) is 0 Å². The zero-order valence-corrected chi connectivity index (χ0v) is 40.0. The van der Waals surface area contributed by atoms with E-state index in [2.05, 4.69) is 124 Å². The van der Waals surface area contributed by atoms with Gasteiger partial charge in [0.05, 0.1) is 12.2 Å². The number of para-hydroxylation sites is 1. The molecule has 6 unspecified atom stereocenters. The van der Waals surface area contributed by atoms with E-state index in [-0.39, 0.29) is 23.0 Å². The Bertz CT molecular complexity index is 962. The molecule has 8 N–H and O–H groups in total. The zero-order valence-electron chi connectivity index (χ0n) is 40.0. The van der Waals surface area contributed by atoms with E-state index in [1.807, 2.05) is 32.0 Å². The van der Waals surface area contributed by atoms with Gasteiger partial charge in [-0.15, -0.1) is 0 Å². The standard InChI is InChI=1S/C32H71N5O2.C14H22O.C2H6/c1-25(2)17-27(5)19-29(7)21-31(38)23-36-15-13-34-11-9-33-10-12-35-14-16-37-24-32(39)22-30(8)20-28(6)18-26(3)4;1-13(2,3)10-8-7-9-11(12(10)15)14(4,5)6;1-2/h25-39H,9-24H2,1-8H3;7-9,15H,1-6H3;1-2H3. The largest absolute Gasteiger partial charge is 0.507 e. The summed E-state index contributed by atoms with van der Waals surface area (Å²) in [4.78, 5) is 0. The van der Waals surface area contributed by atoms with Crippen molar-refractivity contribution in [1.82, 2.24) is 26.6 Å². The van der Waals surface area contributed by atoms with Crippen LogP contribution in [0.5, 0.6) is 5.75 Å². The van der Waals surface area contributed by atoms with Crippen molar-refractivity contribution in [1.29, 1.82) is 0 Å². The quantitative estimate of drug-likeness (QED) is 0.0397. The van der Waals surface area contributed by atoms with Crippen molar-refractivity contribution in [2.75, 3.05) is 65.4 Å². The van der Waals surface area contributed by atoms with Gasteiger partial charge in [-0.2, -0.15) is 0 Å². The van der Waals surface area contributed by atoms with Crippen LogP contribution in [0.4, 0.5) is 0 Å². The molecule has 334 valence electrons. The smallest absolute Gasteiger partial charge is 0.123 e. The predicted molar refractivity (Wildman–Crippen MR) is 247 cm³/mol. The monoisotopic (exact) mass is 794 g/mol. The molecule has 0 radical (unpaired) electrons. The van der Waals surface area contributed by atoms with Crippen LogP contribution in [-0.2, 0) is 10.8 Å². The van der Waals surface area contributed by atoms with Gasteiger partial charge in [-0.3, -0.25) is 0 Å². The Labute approximate surface area is 349 Å². The van der Waals surface area contributed by atoms with E-state index >= 15 is 0 Å². The van der Waals surface area contributed by atoms with Crippen molar-refractivity contribution in [3.8, 4) is 5.75 Å². The number of hydrogen-bond donors (Lipinski definition) is 8. The van der Waals surface area contributed by atoms with Gasteiger partial charge in [0.2, 0.25) is 0 Å². The Morgan fingerprint density at radius 3 is 0.982 bits per heavy atom. The highest BCUT2D eigenvalue weighted by atomic mass is 16.3. The minimum atomic E-state index is -0.252. The molecule has 0 bridgehead atoms. The lowest BCUT2D eigenvalue weighted by molar-refractivity contribution is 0.136. The number of benzene rings is 1. The molecule has 1 rings (SSSR count). The maximum atomic E-state index is 10.3. The first-order chi connectivity index (χ1) is 26.1. The van der Waals surface area contributed by atoms with E-state index in [9.17, 15) is 15.3 Å². The first-order valence-corrected chi connectivity index (χ1v) is 22.9. The topological polar surface area (TPSA) is 121 Å². The van der Waals surface area contributed by atoms with E-state index in [4.69, 9.17) is 0 Å². The van der Waals surface area contributed by atoms with Crippen molar-refractivity contribution in [2.45, 2.75) is 172 Å². The number of aliphatic hydroxyl groups excluding tert-OH is 2. The number of phenols is 1. The van der Waals surface area contributed by atoms with Crippen LogP contribution in [0, 0.1) is 35.5 Å². The fraction of sp³-hybridized carbons (Fsp3) is 0.875. The highest BCUT2D eigenvalue weighted by molar-refractivity contribution is 5.46. The third-order valence-corrected chi connectivity index (χ3v) is 10.0. The Kier molecular flexibility index (Phi) is 33.1. The summed E-state index contributed by atoms with van der Waals surface area (Å²) < 4.78 is 0.